The molecule has 0 fully saturated rings. The van der Waals surface area contributed by atoms with Crippen molar-refractivity contribution in [2.45, 2.75) is 6.92 Å². The third kappa shape index (κ3) is 3.49. The average molecular weight is 385 g/mol. The van der Waals surface area contributed by atoms with Gasteiger partial charge in [-0.15, -0.1) is 9.50 Å². The number of sulfonamides is 1. The number of nitrogens with one attached hydrogen (secondary N) is 1. The maximum Gasteiger partial charge on any atom is 0.257 e. The van der Waals surface area contributed by atoms with Crippen LogP contribution in [-0.2, 0) is 14.8 Å². The molecule has 11 heteroatoms. The van der Waals surface area contributed by atoms with Crippen molar-refractivity contribution in [3.05, 3.63) is 54.0 Å². The van der Waals surface area contributed by atoms with Gasteiger partial charge in [-0.2, -0.15) is 0 Å². The van der Waals surface area contributed by atoms with Gasteiger partial charge in [0.1, 0.15) is 12.2 Å². The van der Waals surface area contributed by atoms with Crippen LogP contribution in [0.15, 0.2) is 52.8 Å². The second-order valence-electron chi connectivity index (χ2n) is 6.06. The lowest BCUT2D eigenvalue weighted by Crippen LogP contribution is -2.37. The summed E-state index contributed by atoms with van der Waals surface area (Å²) >= 11 is 0. The summed E-state index contributed by atoms with van der Waals surface area (Å²) in [5, 5.41) is 13.9. The zero-order valence-corrected chi connectivity index (χ0v) is 15.1. The van der Waals surface area contributed by atoms with E-state index >= 15 is 0 Å². The van der Waals surface area contributed by atoms with E-state index in [9.17, 15) is 13.2 Å². The van der Waals surface area contributed by atoms with E-state index in [4.69, 9.17) is 0 Å². The van der Waals surface area contributed by atoms with Crippen molar-refractivity contribution in [3.8, 4) is 5.69 Å². The molecule has 1 aromatic carbocycles. The number of aryl methyl sites for hydroxylation is 1. The molecule has 10 nitrogen and oxygen atoms in total. The number of carbonyl (C=O) groups excluding carboxylic acids is 1. The van der Waals surface area contributed by atoms with E-state index in [1.807, 2.05) is 19.1 Å². The van der Waals surface area contributed by atoms with Gasteiger partial charge in [0.15, 0.2) is 0 Å². The normalized spacial score (nSPS) is 17.7. The van der Waals surface area contributed by atoms with Crippen LogP contribution in [0.5, 0.6) is 0 Å². The summed E-state index contributed by atoms with van der Waals surface area (Å²) in [5.41, 5.74) is 2.74. The molecule has 0 aliphatic carbocycles. The van der Waals surface area contributed by atoms with E-state index in [1.165, 1.54) is 12.4 Å². The minimum atomic E-state index is -3.42. The van der Waals surface area contributed by atoms with Crippen molar-refractivity contribution in [1.29, 1.82) is 0 Å². The molecule has 1 amide bonds. The van der Waals surface area contributed by atoms with Gasteiger partial charge < -0.3 is 10.2 Å². The Balaban J connectivity index is 1.51. The summed E-state index contributed by atoms with van der Waals surface area (Å²) in [7, 11) is -3.42. The number of aromatic nitrogens is 4. The summed E-state index contributed by atoms with van der Waals surface area (Å²) in [6, 6.07) is 5.39. The molecule has 3 heterocycles. The number of anilines is 1. The molecule has 0 unspecified atom stereocenters. The third-order valence-corrected chi connectivity index (χ3v) is 5.30. The van der Waals surface area contributed by atoms with Gasteiger partial charge in [-0.25, -0.2) is 13.1 Å². The maximum atomic E-state index is 12.5. The van der Waals surface area contributed by atoms with Crippen molar-refractivity contribution in [1.82, 2.24) is 25.1 Å². The maximum absolute atomic E-state index is 12.5. The first-order chi connectivity index (χ1) is 12.9. The molecule has 0 radical (unpaired) electrons. The number of fused-ring (bicyclic) bond motifs is 1. The Morgan fingerprint density at radius 3 is 2.85 bits per heavy atom. The topological polar surface area (TPSA) is 122 Å². The zero-order valence-electron chi connectivity index (χ0n) is 14.3. The number of nitrogens with zero attached hydrogens (tertiary/aromatic N) is 6. The molecule has 4 rings (SSSR count). The smallest absolute Gasteiger partial charge is 0.257 e. The Morgan fingerprint density at radius 1 is 1.26 bits per heavy atom. The minimum absolute atomic E-state index is 0.0759. The van der Waals surface area contributed by atoms with Gasteiger partial charge in [0.25, 0.3) is 15.9 Å². The first kappa shape index (κ1) is 17.1. The predicted molar refractivity (Wildman–Crippen MR) is 97.7 cm³/mol. The average Bonchev–Trinajstić information content (AvgIpc) is 3.15. The van der Waals surface area contributed by atoms with Gasteiger partial charge in [-0.05, 0) is 53.3 Å². The summed E-state index contributed by atoms with van der Waals surface area (Å²) < 4.78 is 28.3. The number of rotatable bonds is 3. The van der Waals surface area contributed by atoms with Crippen molar-refractivity contribution in [3.63, 3.8) is 0 Å². The lowest BCUT2D eigenvalue weighted by molar-refractivity contribution is -0.112. The molecule has 0 atom stereocenters. The molecule has 27 heavy (non-hydrogen) atoms. The molecule has 1 aromatic heterocycles. The van der Waals surface area contributed by atoms with E-state index in [0.29, 0.717) is 17.1 Å². The molecular formula is C16H15N7O3S. The first-order valence-electron chi connectivity index (χ1n) is 8.06. The van der Waals surface area contributed by atoms with Gasteiger partial charge in [0, 0.05) is 18.4 Å². The van der Waals surface area contributed by atoms with Crippen molar-refractivity contribution < 1.29 is 13.2 Å². The second-order valence-corrected chi connectivity index (χ2v) is 7.81. The number of tetrazole rings is 1. The van der Waals surface area contributed by atoms with E-state index in [1.54, 1.807) is 27.9 Å². The summed E-state index contributed by atoms with van der Waals surface area (Å²) in [4.78, 5) is 14.2. The van der Waals surface area contributed by atoms with Gasteiger partial charge in [0.05, 0.1) is 17.0 Å². The van der Waals surface area contributed by atoms with Crippen molar-refractivity contribution >= 4 is 27.5 Å². The standard InChI is InChI=1S/C16H15N7O3S/c1-11-8-13(3-4-14(11)23-10-17-20-21-23)18-16(24)12-2-5-15-19-27(25,26)7-6-22(15)9-12/h2-5,8-10H,6-7H2,1H3,(H,18,24). The van der Waals surface area contributed by atoms with Gasteiger partial charge in [-0.3, -0.25) is 4.79 Å². The molecule has 0 saturated heterocycles. The Hall–Kier alpha value is -3.34. The third-order valence-electron chi connectivity index (χ3n) is 4.14. The Morgan fingerprint density at radius 2 is 2.11 bits per heavy atom. The SMILES string of the molecule is Cc1cc(NC(=O)C2=CN3CCS(=O)(=O)N=C3C=C2)ccc1-n1cnnn1. The van der Waals surface area contributed by atoms with E-state index in [-0.39, 0.29) is 18.2 Å². The molecule has 2 aromatic rings. The van der Waals surface area contributed by atoms with Crippen molar-refractivity contribution in [2.75, 3.05) is 17.6 Å². The van der Waals surface area contributed by atoms with Crippen molar-refractivity contribution in [2.24, 2.45) is 4.40 Å². The number of hydrogen-bond acceptors (Lipinski definition) is 7. The predicted octanol–water partition coefficient (Wildman–Crippen LogP) is 0.407. The second kappa shape index (κ2) is 6.43. The van der Waals surface area contributed by atoms with Crippen LogP contribution in [0.25, 0.3) is 5.69 Å². The summed E-state index contributed by atoms with van der Waals surface area (Å²) in [6.45, 7) is 2.16. The van der Waals surface area contributed by atoms with Crippen LogP contribution < -0.4 is 5.32 Å². The summed E-state index contributed by atoms with van der Waals surface area (Å²) in [5.74, 6) is -0.0548. The van der Waals surface area contributed by atoms with Crippen LogP contribution in [0.1, 0.15) is 5.56 Å². The fourth-order valence-corrected chi connectivity index (χ4v) is 3.77. The quantitative estimate of drug-likeness (QED) is 0.812. The highest BCUT2D eigenvalue weighted by atomic mass is 32.2. The number of amidine groups is 1. The Bertz CT molecular complexity index is 1100. The number of amides is 1. The van der Waals surface area contributed by atoms with Crippen LogP contribution in [0.3, 0.4) is 0 Å². The number of hydrogen-bond donors (Lipinski definition) is 1. The summed E-state index contributed by atoms with van der Waals surface area (Å²) in [6.07, 6.45) is 6.17. The molecule has 0 bridgehead atoms. The largest absolute Gasteiger partial charge is 0.330 e. The molecule has 2 aliphatic rings. The highest BCUT2D eigenvalue weighted by molar-refractivity contribution is 7.90. The van der Waals surface area contributed by atoms with Gasteiger partial charge in [-0.1, -0.05) is 0 Å². The van der Waals surface area contributed by atoms with Gasteiger partial charge >= 0.3 is 0 Å². The monoisotopic (exact) mass is 385 g/mol. The van der Waals surface area contributed by atoms with E-state index < -0.39 is 10.0 Å². The molecule has 0 saturated carbocycles. The Kier molecular flexibility index (Phi) is 4.07. The first-order valence-corrected chi connectivity index (χ1v) is 9.67. The Labute approximate surface area is 154 Å². The van der Waals surface area contributed by atoms with E-state index in [2.05, 4.69) is 25.2 Å². The highest BCUT2D eigenvalue weighted by Gasteiger charge is 2.25. The van der Waals surface area contributed by atoms with Crippen LogP contribution >= 0.6 is 0 Å². The van der Waals surface area contributed by atoms with E-state index in [0.717, 1.165) is 11.3 Å². The lowest BCUT2D eigenvalue weighted by Gasteiger charge is -2.27. The highest BCUT2D eigenvalue weighted by Crippen LogP contribution is 2.20. The van der Waals surface area contributed by atoms with Crippen LogP contribution in [-0.4, -0.2) is 57.6 Å². The molecule has 1 N–H and O–H groups in total. The fraction of sp³-hybridized carbons (Fsp3) is 0.188. The van der Waals surface area contributed by atoms with Gasteiger partial charge in [0.2, 0.25) is 0 Å². The van der Waals surface area contributed by atoms with Crippen LogP contribution in [0, 0.1) is 6.92 Å². The minimum Gasteiger partial charge on any atom is -0.330 e. The zero-order chi connectivity index (χ0) is 19.0. The molecule has 138 valence electrons. The number of benzene rings is 1. The molecular weight excluding hydrogens is 370 g/mol. The number of carbonyl (C=O) groups is 1. The molecule has 0 spiro atoms. The van der Waals surface area contributed by atoms with Crippen LogP contribution in [0.2, 0.25) is 0 Å². The lowest BCUT2D eigenvalue weighted by atomic mass is 10.1. The fourth-order valence-electron chi connectivity index (χ4n) is 2.80. The van der Waals surface area contributed by atoms with Crippen LogP contribution in [0.4, 0.5) is 5.69 Å². The molecule has 2 aliphatic heterocycles.